The van der Waals surface area contributed by atoms with Crippen molar-refractivity contribution in [2.24, 2.45) is 0 Å². The van der Waals surface area contributed by atoms with Crippen molar-refractivity contribution in [3.63, 3.8) is 0 Å². The summed E-state index contributed by atoms with van der Waals surface area (Å²) in [4.78, 5) is 14.9. The van der Waals surface area contributed by atoms with E-state index < -0.39 is 0 Å². The van der Waals surface area contributed by atoms with Gasteiger partial charge in [-0.25, -0.2) is 0 Å². The minimum Gasteiger partial charge on any atom is -0.369 e. The Hall–Kier alpha value is -1.77. The SMILES string of the molecule is CC(C)Nc1cc(=O)c2ccccc2[nH]1. The summed E-state index contributed by atoms with van der Waals surface area (Å²) in [5.41, 5.74) is 0.917. The smallest absolute Gasteiger partial charge is 0.191 e. The van der Waals surface area contributed by atoms with Crippen LogP contribution in [0.3, 0.4) is 0 Å². The molecule has 0 amide bonds. The average molecular weight is 202 g/mol. The van der Waals surface area contributed by atoms with Gasteiger partial charge in [-0.15, -0.1) is 0 Å². The van der Waals surface area contributed by atoms with Crippen molar-refractivity contribution in [1.29, 1.82) is 0 Å². The lowest BCUT2D eigenvalue weighted by Crippen LogP contribution is -2.13. The number of hydrogen-bond acceptors (Lipinski definition) is 2. The first-order chi connectivity index (χ1) is 7.16. The van der Waals surface area contributed by atoms with E-state index in [1.54, 1.807) is 6.07 Å². The molecule has 0 atom stereocenters. The summed E-state index contributed by atoms with van der Waals surface area (Å²) >= 11 is 0. The summed E-state index contributed by atoms with van der Waals surface area (Å²) in [6.45, 7) is 4.07. The van der Waals surface area contributed by atoms with Gasteiger partial charge in [0.25, 0.3) is 0 Å². The number of rotatable bonds is 2. The quantitative estimate of drug-likeness (QED) is 0.785. The van der Waals surface area contributed by atoms with Gasteiger partial charge in [0.1, 0.15) is 5.82 Å². The Morgan fingerprint density at radius 1 is 1.27 bits per heavy atom. The van der Waals surface area contributed by atoms with E-state index in [0.29, 0.717) is 6.04 Å². The van der Waals surface area contributed by atoms with Crippen molar-refractivity contribution in [1.82, 2.24) is 4.98 Å². The molecule has 0 saturated carbocycles. The monoisotopic (exact) mass is 202 g/mol. The van der Waals surface area contributed by atoms with Crippen molar-refractivity contribution < 1.29 is 0 Å². The Morgan fingerprint density at radius 2 is 2.00 bits per heavy atom. The number of hydrogen-bond donors (Lipinski definition) is 2. The van der Waals surface area contributed by atoms with E-state index in [-0.39, 0.29) is 5.43 Å². The maximum absolute atomic E-state index is 11.7. The van der Waals surface area contributed by atoms with E-state index in [4.69, 9.17) is 0 Å². The van der Waals surface area contributed by atoms with Gasteiger partial charge in [-0.2, -0.15) is 0 Å². The van der Waals surface area contributed by atoms with E-state index in [9.17, 15) is 4.79 Å². The van der Waals surface area contributed by atoms with E-state index in [0.717, 1.165) is 16.7 Å². The lowest BCUT2D eigenvalue weighted by Gasteiger charge is -2.10. The molecule has 1 heterocycles. The molecular weight excluding hydrogens is 188 g/mol. The molecule has 3 nitrogen and oxygen atoms in total. The summed E-state index contributed by atoms with van der Waals surface area (Å²) in [5, 5.41) is 3.91. The van der Waals surface area contributed by atoms with Crippen molar-refractivity contribution in [2.45, 2.75) is 19.9 Å². The summed E-state index contributed by atoms with van der Waals surface area (Å²) < 4.78 is 0. The summed E-state index contributed by atoms with van der Waals surface area (Å²) in [6.07, 6.45) is 0. The Balaban J connectivity index is 2.57. The maximum Gasteiger partial charge on any atom is 0.191 e. The van der Waals surface area contributed by atoms with Crippen LogP contribution in [0.2, 0.25) is 0 Å². The predicted molar refractivity (Wildman–Crippen MR) is 63.3 cm³/mol. The van der Waals surface area contributed by atoms with Crippen LogP contribution in [0.1, 0.15) is 13.8 Å². The zero-order valence-corrected chi connectivity index (χ0v) is 8.87. The molecule has 1 aromatic heterocycles. The molecule has 0 bridgehead atoms. The molecule has 0 aliphatic heterocycles. The second-order valence-electron chi connectivity index (χ2n) is 3.89. The van der Waals surface area contributed by atoms with E-state index in [2.05, 4.69) is 10.3 Å². The Morgan fingerprint density at radius 3 is 2.73 bits per heavy atom. The second kappa shape index (κ2) is 3.77. The first kappa shape index (κ1) is 9.77. The molecule has 0 aliphatic rings. The molecule has 3 heteroatoms. The first-order valence-corrected chi connectivity index (χ1v) is 5.05. The van der Waals surface area contributed by atoms with E-state index >= 15 is 0 Å². The molecule has 1 aromatic carbocycles. The van der Waals surface area contributed by atoms with Crippen molar-refractivity contribution in [2.75, 3.05) is 5.32 Å². The highest BCUT2D eigenvalue weighted by Crippen LogP contribution is 2.10. The van der Waals surface area contributed by atoms with Crippen LogP contribution in [0.15, 0.2) is 35.1 Å². The third-order valence-electron chi connectivity index (χ3n) is 2.18. The molecule has 0 spiro atoms. The number of benzene rings is 1. The maximum atomic E-state index is 11.7. The molecule has 0 unspecified atom stereocenters. The highest BCUT2D eigenvalue weighted by Gasteiger charge is 2.01. The number of aromatic nitrogens is 1. The Bertz CT molecular complexity index is 528. The predicted octanol–water partition coefficient (Wildman–Crippen LogP) is 2.35. The third-order valence-corrected chi connectivity index (χ3v) is 2.18. The molecule has 2 N–H and O–H groups in total. The van der Waals surface area contributed by atoms with Crippen molar-refractivity contribution in [3.05, 3.63) is 40.6 Å². The topological polar surface area (TPSA) is 44.9 Å². The zero-order valence-electron chi connectivity index (χ0n) is 8.87. The van der Waals surface area contributed by atoms with Gasteiger partial charge in [-0.3, -0.25) is 4.79 Å². The molecule has 78 valence electrons. The molecule has 0 aliphatic carbocycles. The third kappa shape index (κ3) is 2.01. The van der Waals surface area contributed by atoms with E-state index in [1.165, 1.54) is 0 Å². The van der Waals surface area contributed by atoms with Crippen LogP contribution in [0, 0.1) is 0 Å². The van der Waals surface area contributed by atoms with Crippen LogP contribution in [0.4, 0.5) is 5.82 Å². The molecule has 0 radical (unpaired) electrons. The Kier molecular flexibility index (Phi) is 2.46. The van der Waals surface area contributed by atoms with Crippen LogP contribution in [-0.2, 0) is 0 Å². The number of anilines is 1. The molecule has 2 aromatic rings. The molecular formula is C12H14N2O. The number of fused-ring (bicyclic) bond motifs is 1. The lowest BCUT2D eigenvalue weighted by atomic mass is 10.2. The number of para-hydroxylation sites is 1. The fourth-order valence-electron chi connectivity index (χ4n) is 1.59. The normalized spacial score (nSPS) is 10.9. The van der Waals surface area contributed by atoms with Crippen LogP contribution >= 0.6 is 0 Å². The highest BCUT2D eigenvalue weighted by atomic mass is 16.1. The number of nitrogens with one attached hydrogen (secondary N) is 2. The standard InChI is InChI=1S/C12H14N2O/c1-8(2)13-12-7-11(15)9-5-3-4-6-10(9)14-12/h3-8H,1-2H3,(H2,13,14,15). The molecule has 0 fully saturated rings. The largest absolute Gasteiger partial charge is 0.369 e. The van der Waals surface area contributed by atoms with Gasteiger partial charge < -0.3 is 10.3 Å². The van der Waals surface area contributed by atoms with Crippen LogP contribution < -0.4 is 10.7 Å². The lowest BCUT2D eigenvalue weighted by molar-refractivity contribution is 0.891. The fourth-order valence-corrected chi connectivity index (χ4v) is 1.59. The van der Waals surface area contributed by atoms with Gasteiger partial charge in [0.2, 0.25) is 0 Å². The summed E-state index contributed by atoms with van der Waals surface area (Å²) in [7, 11) is 0. The number of aromatic amines is 1. The van der Waals surface area contributed by atoms with Crippen molar-refractivity contribution >= 4 is 16.7 Å². The number of H-pyrrole nitrogens is 1. The molecule has 2 rings (SSSR count). The number of pyridine rings is 1. The zero-order chi connectivity index (χ0) is 10.8. The van der Waals surface area contributed by atoms with Crippen LogP contribution in [0.25, 0.3) is 10.9 Å². The minimum absolute atomic E-state index is 0.0486. The first-order valence-electron chi connectivity index (χ1n) is 5.05. The van der Waals surface area contributed by atoms with Crippen LogP contribution in [0.5, 0.6) is 0 Å². The van der Waals surface area contributed by atoms with Gasteiger partial charge >= 0.3 is 0 Å². The van der Waals surface area contributed by atoms with Gasteiger partial charge in [-0.1, -0.05) is 12.1 Å². The summed E-state index contributed by atoms with van der Waals surface area (Å²) in [6, 6.07) is 9.42. The van der Waals surface area contributed by atoms with Crippen molar-refractivity contribution in [3.8, 4) is 0 Å². The van der Waals surface area contributed by atoms with Gasteiger partial charge in [0, 0.05) is 17.5 Å². The average Bonchev–Trinajstić information content (AvgIpc) is 2.16. The van der Waals surface area contributed by atoms with Gasteiger partial charge in [-0.05, 0) is 26.0 Å². The second-order valence-corrected chi connectivity index (χ2v) is 3.89. The Labute approximate surface area is 88.1 Å². The van der Waals surface area contributed by atoms with Gasteiger partial charge in [0.05, 0.1) is 5.52 Å². The fraction of sp³-hybridized carbons (Fsp3) is 0.250. The van der Waals surface area contributed by atoms with E-state index in [1.807, 2.05) is 38.1 Å². The molecule has 0 saturated heterocycles. The summed E-state index contributed by atoms with van der Waals surface area (Å²) in [5.74, 6) is 0.772. The highest BCUT2D eigenvalue weighted by molar-refractivity contribution is 5.79. The molecule has 15 heavy (non-hydrogen) atoms. The van der Waals surface area contributed by atoms with Crippen LogP contribution in [-0.4, -0.2) is 11.0 Å². The van der Waals surface area contributed by atoms with Gasteiger partial charge in [0.15, 0.2) is 5.43 Å². The minimum atomic E-state index is 0.0486.